The fourth-order valence-corrected chi connectivity index (χ4v) is 4.01. The Balaban J connectivity index is 2.10. The van der Waals surface area contributed by atoms with E-state index >= 15 is 0 Å². The molecular weight excluding hydrogens is 389 g/mol. The number of hydrogen-bond donors (Lipinski definition) is 0. The van der Waals surface area contributed by atoms with E-state index in [0.29, 0.717) is 20.8 Å². The van der Waals surface area contributed by atoms with E-state index in [9.17, 15) is 9.59 Å². The zero-order chi connectivity index (χ0) is 17.4. The monoisotopic (exact) mass is 397 g/mol. The smallest absolute Gasteiger partial charge is 0.266 e. The Morgan fingerprint density at radius 1 is 1.33 bits per heavy atom. The maximum atomic E-state index is 12.6. The molecule has 0 aliphatic carbocycles. The Kier molecular flexibility index (Phi) is 4.83. The van der Waals surface area contributed by atoms with Gasteiger partial charge < -0.3 is 4.42 Å². The van der Waals surface area contributed by atoms with Gasteiger partial charge in [0.25, 0.3) is 5.91 Å². The Morgan fingerprint density at radius 3 is 2.79 bits per heavy atom. The van der Waals surface area contributed by atoms with Crippen molar-refractivity contribution in [3.63, 3.8) is 0 Å². The third-order valence-electron chi connectivity index (χ3n) is 3.29. The summed E-state index contributed by atoms with van der Waals surface area (Å²) in [6, 6.07) is 2.98. The molecule has 0 saturated carbocycles. The van der Waals surface area contributed by atoms with E-state index in [1.165, 1.54) is 29.4 Å². The summed E-state index contributed by atoms with van der Waals surface area (Å²) < 4.78 is 5.86. The number of amides is 1. The number of benzene rings is 1. The van der Waals surface area contributed by atoms with Gasteiger partial charge in [0.15, 0.2) is 11.0 Å². The standard InChI is InChI=1S/C16H9Cl2NO3S2/c1-2-3-19-15(21)12(24-16(19)23)4-8-7-22-14-10(13(8)20)5-9(17)6-11(14)18/h2,4-7H,1,3H2/b12-4-. The lowest BCUT2D eigenvalue weighted by molar-refractivity contribution is -0.121. The zero-order valence-electron chi connectivity index (χ0n) is 12.0. The highest BCUT2D eigenvalue weighted by atomic mass is 35.5. The molecule has 0 N–H and O–H groups in total. The van der Waals surface area contributed by atoms with Crippen LogP contribution in [0.1, 0.15) is 5.56 Å². The van der Waals surface area contributed by atoms with Crippen molar-refractivity contribution in [1.82, 2.24) is 4.90 Å². The van der Waals surface area contributed by atoms with Gasteiger partial charge in [-0.05, 0) is 18.2 Å². The van der Waals surface area contributed by atoms with Gasteiger partial charge >= 0.3 is 0 Å². The fraction of sp³-hybridized carbons (Fsp3) is 0.0625. The summed E-state index contributed by atoms with van der Waals surface area (Å²) in [5.74, 6) is -0.270. The summed E-state index contributed by atoms with van der Waals surface area (Å²) in [4.78, 5) is 26.7. The second-order valence-corrected chi connectivity index (χ2v) is 7.38. The molecule has 8 heteroatoms. The van der Waals surface area contributed by atoms with Crippen LogP contribution in [0.15, 0.2) is 45.2 Å². The van der Waals surface area contributed by atoms with Crippen LogP contribution in [0, 0.1) is 0 Å². The van der Waals surface area contributed by atoms with E-state index in [1.807, 2.05) is 0 Å². The Hall–Kier alpha value is -1.60. The van der Waals surface area contributed by atoms with Gasteiger partial charge in [-0.2, -0.15) is 0 Å². The molecule has 0 atom stereocenters. The summed E-state index contributed by atoms with van der Waals surface area (Å²) in [7, 11) is 0. The summed E-state index contributed by atoms with van der Waals surface area (Å²) in [6.45, 7) is 3.91. The van der Waals surface area contributed by atoms with Gasteiger partial charge in [0, 0.05) is 11.6 Å². The topological polar surface area (TPSA) is 50.5 Å². The van der Waals surface area contributed by atoms with Gasteiger partial charge in [-0.3, -0.25) is 14.5 Å². The largest absolute Gasteiger partial charge is 0.462 e. The minimum Gasteiger partial charge on any atom is -0.462 e. The summed E-state index contributed by atoms with van der Waals surface area (Å²) in [5.41, 5.74) is 0.150. The number of rotatable bonds is 3. The predicted octanol–water partition coefficient (Wildman–Crippen LogP) is 4.49. The molecule has 0 bridgehead atoms. The molecule has 1 aliphatic rings. The fourth-order valence-electron chi connectivity index (χ4n) is 2.21. The minimum atomic E-state index is -0.324. The van der Waals surface area contributed by atoms with Gasteiger partial charge in [-0.1, -0.05) is 53.3 Å². The third kappa shape index (κ3) is 3.02. The highest BCUT2D eigenvalue weighted by Gasteiger charge is 2.31. The molecule has 1 aromatic carbocycles. The maximum absolute atomic E-state index is 12.6. The van der Waals surface area contributed by atoms with Gasteiger partial charge in [0.05, 0.1) is 20.9 Å². The van der Waals surface area contributed by atoms with Crippen molar-refractivity contribution >= 4 is 74.5 Å². The molecule has 1 fully saturated rings. The van der Waals surface area contributed by atoms with Crippen LogP contribution < -0.4 is 5.43 Å². The van der Waals surface area contributed by atoms with Crippen LogP contribution >= 0.6 is 47.2 Å². The molecule has 1 aromatic heterocycles. The number of hydrogen-bond acceptors (Lipinski definition) is 5. The first-order valence-electron chi connectivity index (χ1n) is 6.69. The Bertz CT molecular complexity index is 981. The maximum Gasteiger partial charge on any atom is 0.266 e. The van der Waals surface area contributed by atoms with Crippen molar-refractivity contribution in [3.8, 4) is 0 Å². The average molecular weight is 398 g/mol. The molecule has 2 heterocycles. The van der Waals surface area contributed by atoms with Crippen LogP contribution in [0.2, 0.25) is 10.0 Å². The van der Waals surface area contributed by atoms with Crippen LogP contribution in [0.3, 0.4) is 0 Å². The molecule has 122 valence electrons. The highest BCUT2D eigenvalue weighted by molar-refractivity contribution is 8.26. The lowest BCUT2D eigenvalue weighted by atomic mass is 10.1. The zero-order valence-corrected chi connectivity index (χ0v) is 15.2. The van der Waals surface area contributed by atoms with Gasteiger partial charge in [0.2, 0.25) is 0 Å². The van der Waals surface area contributed by atoms with Crippen LogP contribution in [-0.2, 0) is 4.79 Å². The molecule has 1 amide bonds. The van der Waals surface area contributed by atoms with E-state index in [0.717, 1.165) is 11.8 Å². The number of halogens is 2. The Labute approximate surface area is 156 Å². The number of thiocarbonyl (C=S) groups is 1. The first-order chi connectivity index (χ1) is 11.4. The van der Waals surface area contributed by atoms with Crippen LogP contribution in [0.5, 0.6) is 0 Å². The minimum absolute atomic E-state index is 0.222. The average Bonchev–Trinajstić information content (AvgIpc) is 2.78. The SMILES string of the molecule is C=CCN1C(=O)/C(=C/c2coc3c(Cl)cc(Cl)cc3c2=O)SC1=S. The van der Waals surface area contributed by atoms with Crippen molar-refractivity contribution in [2.75, 3.05) is 6.54 Å². The summed E-state index contributed by atoms with van der Waals surface area (Å²) in [5, 5.41) is 0.829. The quantitative estimate of drug-likeness (QED) is 0.433. The van der Waals surface area contributed by atoms with Gasteiger partial charge in [-0.25, -0.2) is 0 Å². The van der Waals surface area contributed by atoms with E-state index < -0.39 is 0 Å². The predicted molar refractivity (Wildman–Crippen MR) is 103 cm³/mol. The molecule has 3 rings (SSSR count). The van der Waals surface area contributed by atoms with Crippen molar-refractivity contribution in [2.24, 2.45) is 0 Å². The van der Waals surface area contributed by atoms with E-state index in [4.69, 9.17) is 39.8 Å². The summed E-state index contributed by atoms with van der Waals surface area (Å²) in [6.07, 6.45) is 4.31. The first kappa shape index (κ1) is 17.2. The van der Waals surface area contributed by atoms with Gasteiger partial charge in [0.1, 0.15) is 10.6 Å². The first-order valence-corrected chi connectivity index (χ1v) is 8.67. The molecule has 4 nitrogen and oxygen atoms in total. The molecule has 0 spiro atoms. The Morgan fingerprint density at radius 2 is 2.08 bits per heavy atom. The molecule has 0 unspecified atom stereocenters. The van der Waals surface area contributed by atoms with Crippen molar-refractivity contribution < 1.29 is 9.21 Å². The van der Waals surface area contributed by atoms with Crippen LogP contribution in [0.4, 0.5) is 0 Å². The van der Waals surface area contributed by atoms with Crippen molar-refractivity contribution in [1.29, 1.82) is 0 Å². The second-order valence-electron chi connectivity index (χ2n) is 4.87. The number of thioether (sulfide) groups is 1. The number of fused-ring (bicyclic) bond motifs is 1. The highest BCUT2D eigenvalue weighted by Crippen LogP contribution is 2.32. The normalized spacial score (nSPS) is 16.4. The number of carbonyl (C=O) groups excluding carboxylic acids is 1. The lowest BCUT2D eigenvalue weighted by Gasteiger charge is -2.10. The molecule has 24 heavy (non-hydrogen) atoms. The van der Waals surface area contributed by atoms with Crippen molar-refractivity contribution in [2.45, 2.75) is 0 Å². The molecular formula is C16H9Cl2NO3S2. The van der Waals surface area contributed by atoms with E-state index in [1.54, 1.807) is 6.08 Å². The lowest BCUT2D eigenvalue weighted by Crippen LogP contribution is -2.27. The van der Waals surface area contributed by atoms with Crippen LogP contribution in [-0.4, -0.2) is 21.7 Å². The van der Waals surface area contributed by atoms with E-state index in [-0.39, 0.29) is 32.9 Å². The summed E-state index contributed by atoms with van der Waals surface area (Å²) >= 11 is 18.3. The molecule has 1 aliphatic heterocycles. The van der Waals surface area contributed by atoms with Crippen molar-refractivity contribution in [3.05, 3.63) is 61.8 Å². The number of carbonyl (C=O) groups is 1. The van der Waals surface area contributed by atoms with Gasteiger partial charge in [-0.15, -0.1) is 6.58 Å². The van der Waals surface area contributed by atoms with E-state index in [2.05, 4.69) is 6.58 Å². The second kappa shape index (κ2) is 6.72. The molecule has 2 aromatic rings. The molecule has 1 saturated heterocycles. The number of nitrogens with zero attached hydrogens (tertiary/aromatic N) is 1. The molecule has 0 radical (unpaired) electrons. The van der Waals surface area contributed by atoms with Crippen LogP contribution in [0.25, 0.3) is 17.0 Å². The third-order valence-corrected chi connectivity index (χ3v) is 5.17.